The second kappa shape index (κ2) is 12.3. The van der Waals surface area contributed by atoms with Gasteiger partial charge < -0.3 is 10.0 Å². The second-order valence-electron chi connectivity index (χ2n) is 4.00. The van der Waals surface area contributed by atoms with Gasteiger partial charge in [-0.2, -0.15) is 4.72 Å². The molecule has 0 amide bonds. The topological polar surface area (TPSA) is 69.6 Å². The van der Waals surface area contributed by atoms with Gasteiger partial charge in [0.25, 0.3) is 0 Å². The third-order valence-corrected chi connectivity index (χ3v) is 4.51. The minimum absolute atomic E-state index is 0.0371. The molecule has 1 unspecified atom stereocenters. The molecule has 22 heavy (non-hydrogen) atoms. The summed E-state index contributed by atoms with van der Waals surface area (Å²) in [6, 6.07) is 7.18. The summed E-state index contributed by atoms with van der Waals surface area (Å²) in [5.74, 6) is 0. The molecule has 2 N–H and O–H groups in total. The van der Waals surface area contributed by atoms with Crippen molar-refractivity contribution >= 4 is 55.7 Å². The average molecular weight is 591 g/mol. The fourth-order valence-electron chi connectivity index (χ4n) is 2.34. The number of anilines is 1. The summed E-state index contributed by atoms with van der Waals surface area (Å²) in [5.41, 5.74) is 0.846. The molecular formula is C13H22I2N2O3SV. The van der Waals surface area contributed by atoms with Crippen molar-refractivity contribution in [2.24, 2.45) is 0 Å². The number of rotatable bonds is 0. The van der Waals surface area contributed by atoms with Gasteiger partial charge >= 0.3 is 49.4 Å². The van der Waals surface area contributed by atoms with Gasteiger partial charge in [-0.05, 0) is 25.0 Å². The Morgan fingerprint density at radius 2 is 1.82 bits per heavy atom. The number of sulfonamides is 1. The molecule has 2 aliphatic rings. The van der Waals surface area contributed by atoms with Crippen LogP contribution in [0.5, 0.6) is 0 Å². The van der Waals surface area contributed by atoms with Crippen molar-refractivity contribution in [2.45, 2.75) is 37.8 Å². The van der Waals surface area contributed by atoms with E-state index in [1.807, 2.05) is 26.0 Å². The van der Waals surface area contributed by atoms with Crippen molar-refractivity contribution in [1.82, 2.24) is 4.72 Å². The van der Waals surface area contributed by atoms with Crippen LogP contribution in [0.2, 0.25) is 0 Å². The number of benzene rings is 1. The van der Waals surface area contributed by atoms with Gasteiger partial charge in [0.05, 0.1) is 11.9 Å². The monoisotopic (exact) mass is 591 g/mol. The van der Waals surface area contributed by atoms with Gasteiger partial charge in [-0.1, -0.05) is 26.0 Å². The van der Waals surface area contributed by atoms with E-state index in [1.165, 1.54) is 0 Å². The molecule has 1 aromatic carbocycles. The predicted molar refractivity (Wildman–Crippen MR) is 105 cm³/mol. The Morgan fingerprint density at radius 3 is 2.41 bits per heavy atom. The molecule has 1 saturated heterocycles. The molecule has 1 fully saturated rings. The van der Waals surface area contributed by atoms with Crippen molar-refractivity contribution in [3.05, 3.63) is 24.3 Å². The van der Waals surface area contributed by atoms with Crippen LogP contribution in [0, 0.1) is 0 Å². The molecule has 3 rings (SSSR count). The van der Waals surface area contributed by atoms with E-state index < -0.39 is 10.0 Å². The average Bonchev–Trinajstić information content (AvgIpc) is 3.00. The van der Waals surface area contributed by atoms with E-state index >= 15 is 0 Å². The van der Waals surface area contributed by atoms with E-state index in [1.54, 1.807) is 12.1 Å². The van der Waals surface area contributed by atoms with Gasteiger partial charge in [0.15, 0.2) is 0 Å². The Hall–Kier alpha value is 0.934. The predicted octanol–water partition coefficient (Wildman–Crippen LogP) is 3.31. The van der Waals surface area contributed by atoms with E-state index in [2.05, 4.69) is 49.6 Å². The maximum absolute atomic E-state index is 11.9. The van der Waals surface area contributed by atoms with Crippen LogP contribution >= 0.6 is 40.0 Å². The molecule has 127 valence electrons. The van der Waals surface area contributed by atoms with Gasteiger partial charge in [-0.3, -0.25) is 0 Å². The minimum atomic E-state index is -3.29. The van der Waals surface area contributed by atoms with Crippen molar-refractivity contribution in [1.29, 1.82) is 0 Å². The zero-order valence-corrected chi connectivity index (χ0v) is 19.4. The van der Waals surface area contributed by atoms with Crippen molar-refractivity contribution in [3.63, 3.8) is 0 Å². The Kier molecular flexibility index (Phi) is 12.8. The Bertz CT molecular complexity index is 532. The number of aliphatic hydroxyl groups excluding tert-OH is 1. The first-order valence-electron chi connectivity index (χ1n) is 6.85. The summed E-state index contributed by atoms with van der Waals surface area (Å²) in [7, 11) is -1.66. The van der Waals surface area contributed by atoms with Gasteiger partial charge in [0.2, 0.25) is 10.0 Å². The first kappa shape index (κ1) is 22.9. The molecular weight excluding hydrogens is 569 g/mol. The number of halogens is 2. The third-order valence-electron chi connectivity index (χ3n) is 3.01. The molecule has 0 saturated carbocycles. The number of fused-ring (bicyclic) bond motifs is 3. The molecule has 2 aliphatic heterocycles. The van der Waals surface area contributed by atoms with E-state index in [0.717, 1.165) is 32.2 Å². The Morgan fingerprint density at radius 1 is 1.27 bits per heavy atom. The van der Waals surface area contributed by atoms with Gasteiger partial charge in [-0.15, -0.1) is 0 Å². The summed E-state index contributed by atoms with van der Waals surface area (Å²) in [6.07, 6.45) is 1.90. The zero-order chi connectivity index (χ0) is 17.2. The van der Waals surface area contributed by atoms with E-state index in [9.17, 15) is 8.42 Å². The quantitative estimate of drug-likeness (QED) is 0.455. The van der Waals surface area contributed by atoms with Gasteiger partial charge in [0.1, 0.15) is 4.90 Å². The van der Waals surface area contributed by atoms with Crippen LogP contribution in [0.4, 0.5) is 5.69 Å². The number of para-hydroxylation sites is 1. The molecule has 0 spiro atoms. The maximum atomic E-state index is 11.9. The third kappa shape index (κ3) is 6.10. The Labute approximate surface area is 162 Å². The normalized spacial score (nSPS) is 19.7. The summed E-state index contributed by atoms with van der Waals surface area (Å²) >= 11 is 4.74. The first-order chi connectivity index (χ1) is 10.6. The summed E-state index contributed by atoms with van der Waals surface area (Å²) < 4.78 is 26.5. The van der Waals surface area contributed by atoms with Crippen LogP contribution in [-0.4, -0.2) is 33.3 Å². The number of aliphatic hydroxyl groups is 1. The fraction of sp³-hybridized carbons (Fsp3) is 0.538. The van der Waals surface area contributed by atoms with Crippen molar-refractivity contribution in [2.75, 3.05) is 18.6 Å². The first-order valence-corrected chi connectivity index (χ1v) is 17.3. The van der Waals surface area contributed by atoms with E-state index in [-0.39, 0.29) is 6.17 Å². The van der Waals surface area contributed by atoms with E-state index in [4.69, 9.17) is 5.11 Å². The van der Waals surface area contributed by atoms with Gasteiger partial charge in [0, 0.05) is 13.7 Å². The SMILES string of the molecule is CC.CO.O=S1(=O)NC2CCCN2c2ccccc21.[I][V][I]. The van der Waals surface area contributed by atoms with E-state index in [0.29, 0.717) is 14.4 Å². The molecule has 0 aliphatic carbocycles. The molecule has 9 heteroatoms. The van der Waals surface area contributed by atoms with Crippen LogP contribution < -0.4 is 9.62 Å². The standard InChI is InChI=1S/C10H12N2O2S.C2H6.CH4O.2HI.V/c13-15(14)9-5-2-1-4-8(9)12-7-3-6-10(12)11-15;2*1-2;;;/h1-2,4-5,10-11H,3,6-7H2;1-2H3;2H,1H3;2*1H;/q;;;;;+2/p-2. The van der Waals surface area contributed by atoms with Crippen LogP contribution in [-0.2, 0) is 19.5 Å². The molecule has 0 bridgehead atoms. The molecule has 5 nitrogen and oxygen atoms in total. The Balaban J connectivity index is 0.000000553. The number of nitrogens with one attached hydrogen (secondary N) is 1. The van der Waals surface area contributed by atoms with Crippen LogP contribution in [0.1, 0.15) is 26.7 Å². The number of hydrogen-bond acceptors (Lipinski definition) is 4. The molecule has 0 aromatic heterocycles. The molecule has 1 aromatic rings. The summed E-state index contributed by atoms with van der Waals surface area (Å²) in [5, 5.41) is 7.00. The molecule has 0 radical (unpaired) electrons. The fourth-order valence-corrected chi connectivity index (χ4v) is 3.79. The van der Waals surface area contributed by atoms with Crippen molar-refractivity contribution in [3.8, 4) is 0 Å². The molecule has 2 heterocycles. The van der Waals surface area contributed by atoms with Crippen LogP contribution in [0.15, 0.2) is 29.2 Å². The number of hydrogen-bond donors (Lipinski definition) is 2. The van der Waals surface area contributed by atoms with Gasteiger partial charge in [-0.25, -0.2) is 8.42 Å². The number of nitrogens with zero attached hydrogens (tertiary/aromatic N) is 1. The molecule has 1 atom stereocenters. The van der Waals surface area contributed by atoms with Crippen LogP contribution in [0.3, 0.4) is 0 Å². The zero-order valence-electron chi connectivity index (χ0n) is 12.8. The second-order valence-corrected chi connectivity index (χ2v) is 17.5. The van der Waals surface area contributed by atoms with Crippen LogP contribution in [0.25, 0.3) is 0 Å². The van der Waals surface area contributed by atoms with Crippen molar-refractivity contribution < 1.29 is 23.0 Å². The summed E-state index contributed by atoms with van der Waals surface area (Å²) in [4.78, 5) is 2.54. The summed E-state index contributed by atoms with van der Waals surface area (Å²) in [6.45, 7) is 4.93.